The van der Waals surface area contributed by atoms with Gasteiger partial charge in [-0.3, -0.25) is 4.98 Å². The van der Waals surface area contributed by atoms with Gasteiger partial charge in [0.25, 0.3) is 0 Å². The summed E-state index contributed by atoms with van der Waals surface area (Å²) >= 11 is 0. The SMILES string of the molecule is Cc1cc(-c2cnc(NCc3cccnc3)nc2-c2ccco2)on1. The molecule has 0 aliphatic rings. The lowest BCUT2D eigenvalue weighted by Crippen LogP contribution is -2.05. The maximum absolute atomic E-state index is 5.52. The van der Waals surface area contributed by atoms with Gasteiger partial charge in [-0.15, -0.1) is 0 Å². The summed E-state index contributed by atoms with van der Waals surface area (Å²) in [4.78, 5) is 13.1. The van der Waals surface area contributed by atoms with E-state index in [1.54, 1.807) is 24.9 Å². The summed E-state index contributed by atoms with van der Waals surface area (Å²) in [6.07, 6.45) is 6.85. The van der Waals surface area contributed by atoms with Crippen molar-refractivity contribution in [3.8, 4) is 22.8 Å². The molecule has 124 valence electrons. The number of anilines is 1. The van der Waals surface area contributed by atoms with Gasteiger partial charge in [-0.25, -0.2) is 9.97 Å². The molecule has 0 bridgehead atoms. The molecule has 1 N–H and O–H groups in total. The van der Waals surface area contributed by atoms with Gasteiger partial charge in [-0.1, -0.05) is 11.2 Å². The first-order valence-electron chi connectivity index (χ1n) is 7.77. The fraction of sp³-hybridized carbons (Fsp3) is 0.111. The molecular weight excluding hydrogens is 318 g/mol. The minimum absolute atomic E-state index is 0.496. The highest BCUT2D eigenvalue weighted by molar-refractivity contribution is 5.75. The van der Waals surface area contributed by atoms with E-state index in [9.17, 15) is 0 Å². The third kappa shape index (κ3) is 3.25. The highest BCUT2D eigenvalue weighted by atomic mass is 16.5. The number of aryl methyl sites for hydroxylation is 1. The van der Waals surface area contributed by atoms with Gasteiger partial charge in [0.05, 0.1) is 17.5 Å². The molecule has 7 nitrogen and oxygen atoms in total. The second kappa shape index (κ2) is 6.56. The zero-order chi connectivity index (χ0) is 17.1. The van der Waals surface area contributed by atoms with Crippen molar-refractivity contribution in [2.75, 3.05) is 5.32 Å². The van der Waals surface area contributed by atoms with E-state index in [0.717, 1.165) is 16.8 Å². The number of pyridine rings is 1. The van der Waals surface area contributed by atoms with Gasteiger partial charge in [-0.2, -0.15) is 0 Å². The number of nitrogens with zero attached hydrogens (tertiary/aromatic N) is 4. The van der Waals surface area contributed by atoms with Crippen LogP contribution in [0.3, 0.4) is 0 Å². The van der Waals surface area contributed by atoms with Crippen molar-refractivity contribution in [2.24, 2.45) is 0 Å². The predicted octanol–water partition coefficient (Wildman–Crippen LogP) is 3.71. The Balaban J connectivity index is 1.67. The standard InChI is InChI=1S/C18H15N5O2/c1-12-8-16(25-23-12)14-11-21-18(20-10-13-4-2-6-19-9-13)22-17(14)15-5-3-7-24-15/h2-9,11H,10H2,1H3,(H,20,21,22). The smallest absolute Gasteiger partial charge is 0.223 e. The molecule has 0 aromatic carbocycles. The van der Waals surface area contributed by atoms with Gasteiger partial charge in [0, 0.05) is 31.2 Å². The monoisotopic (exact) mass is 333 g/mol. The van der Waals surface area contributed by atoms with E-state index in [4.69, 9.17) is 8.94 Å². The van der Waals surface area contributed by atoms with E-state index in [-0.39, 0.29) is 0 Å². The molecule has 0 saturated carbocycles. The lowest BCUT2D eigenvalue weighted by Gasteiger charge is -2.08. The molecule has 0 unspecified atom stereocenters. The number of rotatable bonds is 5. The molecule has 4 rings (SSSR count). The maximum Gasteiger partial charge on any atom is 0.223 e. The molecular formula is C18H15N5O2. The van der Waals surface area contributed by atoms with Crippen molar-refractivity contribution in [2.45, 2.75) is 13.5 Å². The Bertz CT molecular complexity index is 964. The zero-order valence-electron chi connectivity index (χ0n) is 13.5. The van der Waals surface area contributed by atoms with Gasteiger partial charge >= 0.3 is 0 Å². The normalized spacial score (nSPS) is 10.8. The lowest BCUT2D eigenvalue weighted by atomic mass is 10.1. The highest BCUT2D eigenvalue weighted by Crippen LogP contribution is 2.31. The van der Waals surface area contributed by atoms with Crippen LogP contribution in [0.15, 0.2) is 64.1 Å². The fourth-order valence-electron chi connectivity index (χ4n) is 2.42. The van der Waals surface area contributed by atoms with Crippen LogP contribution >= 0.6 is 0 Å². The molecule has 0 aliphatic heterocycles. The summed E-state index contributed by atoms with van der Waals surface area (Å²) in [5.41, 5.74) is 3.20. The minimum atomic E-state index is 0.496. The number of hydrogen-bond acceptors (Lipinski definition) is 7. The molecule has 0 atom stereocenters. The topological polar surface area (TPSA) is 89.9 Å². The van der Waals surface area contributed by atoms with E-state index in [2.05, 4.69) is 25.4 Å². The Labute approximate surface area is 143 Å². The van der Waals surface area contributed by atoms with Crippen LogP contribution in [0.5, 0.6) is 0 Å². The third-order valence-electron chi connectivity index (χ3n) is 3.61. The van der Waals surface area contributed by atoms with Crippen molar-refractivity contribution in [1.82, 2.24) is 20.1 Å². The zero-order valence-corrected chi connectivity index (χ0v) is 13.5. The Kier molecular flexibility index (Phi) is 3.96. The summed E-state index contributed by atoms with van der Waals surface area (Å²) in [5, 5.41) is 7.13. The van der Waals surface area contributed by atoms with Crippen LogP contribution in [0.2, 0.25) is 0 Å². The second-order valence-electron chi connectivity index (χ2n) is 5.48. The van der Waals surface area contributed by atoms with Crippen molar-refractivity contribution >= 4 is 5.95 Å². The van der Waals surface area contributed by atoms with Crippen LogP contribution < -0.4 is 5.32 Å². The van der Waals surface area contributed by atoms with Gasteiger partial charge in [0.1, 0.15) is 5.69 Å². The van der Waals surface area contributed by atoms with Crippen LogP contribution in [-0.2, 0) is 6.54 Å². The van der Waals surface area contributed by atoms with E-state index >= 15 is 0 Å². The maximum atomic E-state index is 5.52. The molecule has 25 heavy (non-hydrogen) atoms. The Hall–Kier alpha value is -3.48. The molecule has 4 aromatic rings. The Morgan fingerprint density at radius 1 is 1.12 bits per heavy atom. The molecule has 0 aliphatic carbocycles. The van der Waals surface area contributed by atoms with Crippen molar-refractivity contribution in [3.63, 3.8) is 0 Å². The summed E-state index contributed by atoms with van der Waals surface area (Å²) in [6, 6.07) is 9.38. The van der Waals surface area contributed by atoms with Crippen molar-refractivity contribution in [3.05, 3.63) is 66.4 Å². The summed E-state index contributed by atoms with van der Waals surface area (Å²) in [5.74, 6) is 1.73. The predicted molar refractivity (Wildman–Crippen MR) is 91.5 cm³/mol. The molecule has 0 spiro atoms. The first kappa shape index (κ1) is 15.1. The van der Waals surface area contributed by atoms with Crippen LogP contribution in [-0.4, -0.2) is 20.1 Å². The van der Waals surface area contributed by atoms with E-state index < -0.39 is 0 Å². The van der Waals surface area contributed by atoms with E-state index in [0.29, 0.717) is 29.7 Å². The minimum Gasteiger partial charge on any atom is -0.463 e. The number of aromatic nitrogens is 4. The van der Waals surface area contributed by atoms with E-state index in [1.807, 2.05) is 37.3 Å². The summed E-state index contributed by atoms with van der Waals surface area (Å²) in [6.45, 7) is 2.44. The van der Waals surface area contributed by atoms with Gasteiger partial charge < -0.3 is 14.3 Å². The second-order valence-corrected chi connectivity index (χ2v) is 5.48. The molecule has 7 heteroatoms. The highest BCUT2D eigenvalue weighted by Gasteiger charge is 2.17. The fourth-order valence-corrected chi connectivity index (χ4v) is 2.42. The average Bonchev–Trinajstić information content (AvgIpc) is 3.32. The number of furan rings is 1. The van der Waals surface area contributed by atoms with Crippen LogP contribution in [0.25, 0.3) is 22.8 Å². The van der Waals surface area contributed by atoms with Crippen LogP contribution in [0.4, 0.5) is 5.95 Å². The van der Waals surface area contributed by atoms with Gasteiger partial charge in [0.15, 0.2) is 11.5 Å². The number of hydrogen-bond donors (Lipinski definition) is 1. The third-order valence-corrected chi connectivity index (χ3v) is 3.61. The lowest BCUT2D eigenvalue weighted by molar-refractivity contribution is 0.427. The van der Waals surface area contributed by atoms with Crippen LogP contribution in [0.1, 0.15) is 11.3 Å². The average molecular weight is 333 g/mol. The van der Waals surface area contributed by atoms with Crippen molar-refractivity contribution < 1.29 is 8.94 Å². The summed E-state index contributed by atoms with van der Waals surface area (Å²) < 4.78 is 10.9. The van der Waals surface area contributed by atoms with Crippen LogP contribution in [0, 0.1) is 6.92 Å². The van der Waals surface area contributed by atoms with Gasteiger partial charge in [0.2, 0.25) is 5.95 Å². The van der Waals surface area contributed by atoms with Crippen molar-refractivity contribution in [1.29, 1.82) is 0 Å². The van der Waals surface area contributed by atoms with E-state index in [1.165, 1.54) is 0 Å². The molecule has 0 saturated heterocycles. The van der Waals surface area contributed by atoms with Gasteiger partial charge in [-0.05, 0) is 30.7 Å². The first-order valence-corrected chi connectivity index (χ1v) is 7.77. The molecule has 4 heterocycles. The number of nitrogens with one attached hydrogen (secondary N) is 1. The molecule has 0 amide bonds. The summed E-state index contributed by atoms with van der Waals surface area (Å²) in [7, 11) is 0. The molecule has 4 aromatic heterocycles. The Morgan fingerprint density at radius 3 is 2.80 bits per heavy atom. The quantitative estimate of drug-likeness (QED) is 0.595. The Morgan fingerprint density at radius 2 is 2.08 bits per heavy atom. The molecule has 0 radical (unpaired) electrons. The first-order chi connectivity index (χ1) is 12.3. The largest absolute Gasteiger partial charge is 0.463 e. The molecule has 0 fully saturated rings.